The number of unbranched alkanes of at least 4 members (excludes halogenated alkanes) is 6. The van der Waals surface area contributed by atoms with Gasteiger partial charge in [0.1, 0.15) is 0 Å². The fourth-order valence-electron chi connectivity index (χ4n) is 2.01. The number of hydrogen-bond acceptors (Lipinski definition) is 2. The van der Waals surface area contributed by atoms with Gasteiger partial charge in [0.05, 0.1) is 6.67 Å². The third-order valence-corrected chi connectivity index (χ3v) is 2.99. The fraction of sp³-hybridized carbons (Fsp3) is 0.846. The average molecular weight is 210 g/mol. The predicted octanol–water partition coefficient (Wildman–Crippen LogP) is 3.41. The summed E-state index contributed by atoms with van der Waals surface area (Å²) in [6, 6.07) is 0. The summed E-state index contributed by atoms with van der Waals surface area (Å²) in [5.41, 5.74) is 0. The molecule has 0 bridgehead atoms. The predicted molar refractivity (Wildman–Crippen MR) is 66.5 cm³/mol. The maximum atomic E-state index is 2.39. The fourth-order valence-corrected chi connectivity index (χ4v) is 2.01. The van der Waals surface area contributed by atoms with E-state index in [4.69, 9.17) is 0 Å². The molecule has 0 aromatic carbocycles. The van der Waals surface area contributed by atoms with Crippen LogP contribution >= 0.6 is 0 Å². The van der Waals surface area contributed by atoms with E-state index in [1.165, 1.54) is 51.5 Å². The van der Waals surface area contributed by atoms with Gasteiger partial charge in [0.15, 0.2) is 0 Å². The Morgan fingerprint density at radius 3 is 2.20 bits per heavy atom. The summed E-state index contributed by atoms with van der Waals surface area (Å²) in [5.74, 6) is 0. The molecule has 1 aliphatic rings. The van der Waals surface area contributed by atoms with Crippen molar-refractivity contribution < 1.29 is 0 Å². The Labute approximate surface area is 94.9 Å². The maximum absolute atomic E-state index is 2.39. The second kappa shape index (κ2) is 7.61. The van der Waals surface area contributed by atoms with Crippen LogP contribution in [0.3, 0.4) is 0 Å². The van der Waals surface area contributed by atoms with Crippen LogP contribution in [0.5, 0.6) is 0 Å². The number of nitrogens with zero attached hydrogens (tertiary/aromatic N) is 2. The molecule has 0 aliphatic carbocycles. The lowest BCUT2D eigenvalue weighted by molar-refractivity contribution is 0.290. The molecule has 0 amide bonds. The molecule has 0 saturated carbocycles. The molecule has 0 aromatic heterocycles. The zero-order valence-electron chi connectivity index (χ0n) is 10.4. The van der Waals surface area contributed by atoms with Gasteiger partial charge in [-0.2, -0.15) is 0 Å². The highest BCUT2D eigenvalue weighted by Crippen LogP contribution is 2.09. The summed E-state index contributed by atoms with van der Waals surface area (Å²) in [6.07, 6.45) is 14.2. The normalized spacial score (nSPS) is 15.3. The first kappa shape index (κ1) is 12.4. The van der Waals surface area contributed by atoms with Crippen LogP contribution in [0.2, 0.25) is 0 Å². The van der Waals surface area contributed by atoms with Crippen LogP contribution in [-0.4, -0.2) is 30.1 Å². The maximum Gasteiger partial charge on any atom is 0.0890 e. The van der Waals surface area contributed by atoms with Crippen molar-refractivity contribution in [2.45, 2.75) is 51.9 Å². The van der Waals surface area contributed by atoms with Gasteiger partial charge in [-0.15, -0.1) is 0 Å². The summed E-state index contributed by atoms with van der Waals surface area (Å²) < 4.78 is 0. The Kier molecular flexibility index (Phi) is 6.29. The third kappa shape index (κ3) is 5.71. The molecule has 0 fully saturated rings. The monoisotopic (exact) mass is 210 g/mol. The molecule has 1 aliphatic heterocycles. The first-order chi connectivity index (χ1) is 7.33. The van der Waals surface area contributed by atoms with Crippen molar-refractivity contribution in [1.82, 2.24) is 9.80 Å². The van der Waals surface area contributed by atoms with Crippen molar-refractivity contribution in [1.29, 1.82) is 0 Å². The van der Waals surface area contributed by atoms with E-state index < -0.39 is 0 Å². The lowest BCUT2D eigenvalue weighted by Gasteiger charge is -2.17. The van der Waals surface area contributed by atoms with Crippen molar-refractivity contribution in [3.63, 3.8) is 0 Å². The molecule has 0 unspecified atom stereocenters. The SMILES string of the molecule is CCCCCCCCCN1C=CN(C)C1. The molecule has 88 valence electrons. The largest absolute Gasteiger partial charge is 0.362 e. The molecule has 0 aromatic rings. The first-order valence-corrected chi connectivity index (χ1v) is 6.45. The zero-order valence-corrected chi connectivity index (χ0v) is 10.4. The standard InChI is InChI=1S/C13H26N2/c1-3-4-5-6-7-8-9-10-15-12-11-14(2)13-15/h11-12H,3-10,13H2,1-2H3. The van der Waals surface area contributed by atoms with Gasteiger partial charge < -0.3 is 9.80 Å². The van der Waals surface area contributed by atoms with Gasteiger partial charge in [-0.1, -0.05) is 45.4 Å². The van der Waals surface area contributed by atoms with Crippen molar-refractivity contribution in [3.8, 4) is 0 Å². The Balaban J connectivity index is 1.83. The molecule has 0 radical (unpaired) electrons. The smallest absolute Gasteiger partial charge is 0.0890 e. The molecule has 2 heteroatoms. The van der Waals surface area contributed by atoms with Crippen LogP contribution in [-0.2, 0) is 0 Å². The lowest BCUT2D eigenvalue weighted by Crippen LogP contribution is -2.23. The van der Waals surface area contributed by atoms with Gasteiger partial charge in [0.25, 0.3) is 0 Å². The minimum Gasteiger partial charge on any atom is -0.362 e. The van der Waals surface area contributed by atoms with Gasteiger partial charge >= 0.3 is 0 Å². The van der Waals surface area contributed by atoms with Crippen molar-refractivity contribution in [2.75, 3.05) is 20.3 Å². The Hall–Kier alpha value is -0.660. The highest BCUT2D eigenvalue weighted by molar-refractivity contribution is 4.88. The van der Waals surface area contributed by atoms with Gasteiger partial charge in [-0.25, -0.2) is 0 Å². The molecular formula is C13H26N2. The minimum atomic E-state index is 1.08. The van der Waals surface area contributed by atoms with Gasteiger partial charge in [-0.05, 0) is 6.42 Å². The van der Waals surface area contributed by atoms with E-state index in [-0.39, 0.29) is 0 Å². The summed E-state index contributed by atoms with van der Waals surface area (Å²) in [6.45, 7) is 4.58. The van der Waals surface area contributed by atoms with E-state index in [1.54, 1.807) is 0 Å². The average Bonchev–Trinajstić information content (AvgIpc) is 2.63. The minimum absolute atomic E-state index is 1.08. The zero-order chi connectivity index (χ0) is 10.9. The Morgan fingerprint density at radius 2 is 1.60 bits per heavy atom. The van der Waals surface area contributed by atoms with Crippen LogP contribution in [0.25, 0.3) is 0 Å². The molecule has 0 spiro atoms. The van der Waals surface area contributed by atoms with Crippen molar-refractivity contribution in [2.24, 2.45) is 0 Å². The van der Waals surface area contributed by atoms with Gasteiger partial charge in [0, 0.05) is 26.0 Å². The van der Waals surface area contributed by atoms with E-state index in [1.807, 2.05) is 0 Å². The molecule has 1 heterocycles. The lowest BCUT2D eigenvalue weighted by atomic mass is 10.1. The molecule has 0 atom stereocenters. The Bertz CT molecular complexity index is 177. The molecule has 15 heavy (non-hydrogen) atoms. The van der Waals surface area contributed by atoms with E-state index in [9.17, 15) is 0 Å². The highest BCUT2D eigenvalue weighted by atomic mass is 15.3. The topological polar surface area (TPSA) is 6.48 Å². The second-order valence-corrected chi connectivity index (χ2v) is 4.63. The second-order valence-electron chi connectivity index (χ2n) is 4.63. The Morgan fingerprint density at radius 1 is 0.933 bits per heavy atom. The number of rotatable bonds is 8. The van der Waals surface area contributed by atoms with Gasteiger partial charge in [0.2, 0.25) is 0 Å². The molecular weight excluding hydrogens is 184 g/mol. The van der Waals surface area contributed by atoms with Crippen LogP contribution in [0.4, 0.5) is 0 Å². The summed E-state index contributed by atoms with van der Waals surface area (Å²) in [5, 5.41) is 0. The van der Waals surface area contributed by atoms with Crippen LogP contribution in [0.1, 0.15) is 51.9 Å². The van der Waals surface area contributed by atoms with E-state index >= 15 is 0 Å². The third-order valence-electron chi connectivity index (χ3n) is 2.99. The van der Waals surface area contributed by atoms with Gasteiger partial charge in [-0.3, -0.25) is 0 Å². The van der Waals surface area contributed by atoms with Crippen molar-refractivity contribution >= 4 is 0 Å². The molecule has 1 rings (SSSR count). The van der Waals surface area contributed by atoms with Crippen LogP contribution in [0, 0.1) is 0 Å². The van der Waals surface area contributed by atoms with Crippen LogP contribution in [0.15, 0.2) is 12.4 Å². The summed E-state index contributed by atoms with van der Waals surface area (Å²) >= 11 is 0. The first-order valence-electron chi connectivity index (χ1n) is 6.45. The van der Waals surface area contributed by atoms with Crippen LogP contribution < -0.4 is 0 Å². The van der Waals surface area contributed by atoms with E-state index in [0.29, 0.717) is 0 Å². The molecule has 0 N–H and O–H groups in total. The molecule has 2 nitrogen and oxygen atoms in total. The van der Waals surface area contributed by atoms with E-state index in [2.05, 4.69) is 36.2 Å². The number of hydrogen-bond donors (Lipinski definition) is 0. The highest BCUT2D eigenvalue weighted by Gasteiger charge is 2.06. The van der Waals surface area contributed by atoms with Crippen molar-refractivity contribution in [3.05, 3.63) is 12.4 Å². The summed E-state index contributed by atoms with van der Waals surface area (Å²) in [4.78, 5) is 4.62. The summed E-state index contributed by atoms with van der Waals surface area (Å²) in [7, 11) is 2.13. The van der Waals surface area contributed by atoms with E-state index in [0.717, 1.165) is 6.67 Å². The quantitative estimate of drug-likeness (QED) is 0.566. The molecule has 0 saturated heterocycles.